The fourth-order valence-corrected chi connectivity index (χ4v) is 8.08. The minimum atomic E-state index is -0.103. The number of aliphatic hydroxyl groups is 1. The van der Waals surface area contributed by atoms with E-state index >= 15 is 0 Å². The number of fused-ring (bicyclic) bond motifs is 1. The molecule has 0 aromatic rings. The predicted molar refractivity (Wildman–Crippen MR) is 89.7 cm³/mol. The molecule has 3 unspecified atom stereocenters. The summed E-state index contributed by atoms with van der Waals surface area (Å²) in [5.41, 5.74) is 3.16. The maximum absolute atomic E-state index is 11.6. The predicted octanol–water partition coefficient (Wildman–Crippen LogP) is 2.38. The lowest BCUT2D eigenvalue weighted by molar-refractivity contribution is -0.113. The van der Waals surface area contributed by atoms with E-state index in [0.29, 0.717) is 24.0 Å². The first-order valence-corrected chi connectivity index (χ1v) is 9.75. The molecule has 7 rings (SSSR count). The van der Waals surface area contributed by atoms with Gasteiger partial charge in [0.25, 0.3) is 0 Å². The van der Waals surface area contributed by atoms with Crippen molar-refractivity contribution in [1.82, 2.24) is 9.80 Å². The lowest BCUT2D eigenvalue weighted by Crippen LogP contribution is -2.68. The molecule has 0 aromatic heterocycles. The molecule has 4 saturated heterocycles. The molecule has 5 fully saturated rings. The van der Waals surface area contributed by atoms with Gasteiger partial charge in [-0.25, -0.2) is 0 Å². The summed E-state index contributed by atoms with van der Waals surface area (Å²) in [6.07, 6.45) is 10.8. The number of rotatable bonds is 1. The Labute approximate surface area is 139 Å². The number of hydrogen-bond acceptors (Lipinski definition) is 3. The molecule has 0 amide bonds. The molecule has 3 nitrogen and oxygen atoms in total. The summed E-state index contributed by atoms with van der Waals surface area (Å²) < 4.78 is 0. The van der Waals surface area contributed by atoms with E-state index in [1.807, 2.05) is 0 Å². The average molecular weight is 312 g/mol. The molecule has 23 heavy (non-hydrogen) atoms. The van der Waals surface area contributed by atoms with Gasteiger partial charge < -0.3 is 10.0 Å². The first kappa shape index (κ1) is 13.5. The molecule has 3 heteroatoms. The molecular formula is C20H28N2O. The summed E-state index contributed by atoms with van der Waals surface area (Å²) in [6, 6.07) is 1.87. The van der Waals surface area contributed by atoms with E-state index in [4.69, 9.17) is 0 Å². The molecule has 1 spiro atoms. The van der Waals surface area contributed by atoms with E-state index in [2.05, 4.69) is 35.9 Å². The summed E-state index contributed by atoms with van der Waals surface area (Å²) in [5.74, 6) is 2.14. The van der Waals surface area contributed by atoms with Crippen LogP contribution in [0.1, 0.15) is 39.0 Å². The van der Waals surface area contributed by atoms with Crippen LogP contribution in [0.3, 0.4) is 0 Å². The fourth-order valence-electron chi connectivity index (χ4n) is 8.08. The lowest BCUT2D eigenvalue weighted by atomic mass is 9.63. The summed E-state index contributed by atoms with van der Waals surface area (Å²) >= 11 is 0. The average Bonchev–Trinajstić information content (AvgIpc) is 2.98. The fraction of sp³-hybridized carbons (Fsp3) is 0.800. The highest BCUT2D eigenvalue weighted by Gasteiger charge is 2.74. The van der Waals surface area contributed by atoms with Gasteiger partial charge in [-0.05, 0) is 49.2 Å². The van der Waals surface area contributed by atoms with Gasteiger partial charge in [-0.15, -0.1) is 0 Å². The second-order valence-electron chi connectivity index (χ2n) is 9.03. The van der Waals surface area contributed by atoms with Crippen molar-refractivity contribution >= 4 is 0 Å². The molecule has 0 aromatic carbocycles. The van der Waals surface area contributed by atoms with Gasteiger partial charge in [0.2, 0.25) is 0 Å². The molecule has 2 aliphatic carbocycles. The number of piperidine rings is 4. The molecule has 7 aliphatic rings. The third-order valence-corrected chi connectivity index (χ3v) is 8.72. The van der Waals surface area contributed by atoms with Crippen molar-refractivity contribution in [3.8, 4) is 0 Å². The van der Waals surface area contributed by atoms with Gasteiger partial charge >= 0.3 is 0 Å². The molecule has 5 heterocycles. The Morgan fingerprint density at radius 3 is 3.04 bits per heavy atom. The Hall–Kier alpha value is -0.800. The number of allylic oxidation sites excluding steroid dienone is 2. The van der Waals surface area contributed by atoms with Gasteiger partial charge in [-0.1, -0.05) is 19.4 Å². The third-order valence-electron chi connectivity index (χ3n) is 8.72. The zero-order valence-electron chi connectivity index (χ0n) is 14.3. The van der Waals surface area contributed by atoms with Crippen LogP contribution in [0.2, 0.25) is 0 Å². The van der Waals surface area contributed by atoms with E-state index in [1.54, 1.807) is 5.57 Å². The maximum atomic E-state index is 11.6. The highest BCUT2D eigenvalue weighted by atomic mass is 16.3. The second-order valence-corrected chi connectivity index (χ2v) is 9.03. The molecule has 1 saturated carbocycles. The molecule has 124 valence electrons. The van der Waals surface area contributed by atoms with Crippen LogP contribution in [-0.2, 0) is 0 Å². The van der Waals surface area contributed by atoms with Gasteiger partial charge in [0.05, 0.1) is 12.1 Å². The maximum Gasteiger partial charge on any atom is 0.0701 e. The Morgan fingerprint density at radius 1 is 1.35 bits per heavy atom. The minimum absolute atomic E-state index is 0.0860. The smallest absolute Gasteiger partial charge is 0.0701 e. The van der Waals surface area contributed by atoms with E-state index in [-0.39, 0.29) is 11.5 Å². The van der Waals surface area contributed by atoms with Crippen LogP contribution in [0, 0.1) is 23.2 Å². The normalized spacial score (nSPS) is 58.1. The summed E-state index contributed by atoms with van der Waals surface area (Å²) in [5, 5.41) is 11.6. The van der Waals surface area contributed by atoms with E-state index in [9.17, 15) is 5.11 Å². The molecule has 9 atom stereocenters. The number of nitrogens with zero attached hydrogens (tertiary/aromatic N) is 2. The molecule has 0 radical (unpaired) electrons. The van der Waals surface area contributed by atoms with Crippen LogP contribution >= 0.6 is 0 Å². The van der Waals surface area contributed by atoms with Crippen molar-refractivity contribution in [3.63, 3.8) is 0 Å². The van der Waals surface area contributed by atoms with Crippen LogP contribution in [0.5, 0.6) is 0 Å². The van der Waals surface area contributed by atoms with E-state index in [1.165, 1.54) is 44.3 Å². The number of likely N-dealkylation sites (N-methyl/N-ethyl adjacent to an activating group) is 1. The highest BCUT2D eigenvalue weighted by molar-refractivity contribution is 5.46. The van der Waals surface area contributed by atoms with Gasteiger partial charge in [0.15, 0.2) is 0 Å². The Morgan fingerprint density at radius 2 is 2.22 bits per heavy atom. The van der Waals surface area contributed by atoms with Crippen molar-refractivity contribution in [3.05, 3.63) is 23.4 Å². The number of hydrogen-bond donors (Lipinski definition) is 1. The summed E-state index contributed by atoms with van der Waals surface area (Å²) in [4.78, 5) is 5.41. The lowest BCUT2D eigenvalue weighted by Gasteiger charge is -2.60. The first-order valence-electron chi connectivity index (χ1n) is 9.75. The molecule has 5 aliphatic heterocycles. The topological polar surface area (TPSA) is 26.7 Å². The van der Waals surface area contributed by atoms with Crippen molar-refractivity contribution in [2.75, 3.05) is 13.6 Å². The van der Waals surface area contributed by atoms with Gasteiger partial charge in [-0.2, -0.15) is 0 Å². The minimum Gasteiger partial charge on any atom is -0.392 e. The number of aliphatic hydroxyl groups excluding tert-OH is 1. The zero-order chi connectivity index (χ0) is 15.5. The van der Waals surface area contributed by atoms with Gasteiger partial charge in [0.1, 0.15) is 0 Å². The third kappa shape index (κ3) is 1.25. The quantitative estimate of drug-likeness (QED) is 0.805. The van der Waals surface area contributed by atoms with Crippen LogP contribution in [0.25, 0.3) is 0 Å². The zero-order valence-corrected chi connectivity index (χ0v) is 14.3. The van der Waals surface area contributed by atoms with Crippen molar-refractivity contribution in [2.24, 2.45) is 23.2 Å². The summed E-state index contributed by atoms with van der Waals surface area (Å²) in [6.45, 7) is 3.64. The van der Waals surface area contributed by atoms with Crippen LogP contribution in [0.4, 0.5) is 0 Å². The van der Waals surface area contributed by atoms with Crippen LogP contribution in [0.15, 0.2) is 23.4 Å². The second kappa shape index (κ2) is 4.05. The largest absolute Gasteiger partial charge is 0.392 e. The van der Waals surface area contributed by atoms with E-state index in [0.717, 1.165) is 11.8 Å². The van der Waals surface area contributed by atoms with Crippen LogP contribution < -0.4 is 0 Å². The summed E-state index contributed by atoms with van der Waals surface area (Å²) in [7, 11) is 2.30. The molecule has 5 bridgehead atoms. The SMILES string of the molecule is CC[C@@H]1CN2C3C[C@@]45C6=C(C=CCC6)N(C)[C@H]4[C@@H]2C[C@@H]1C3[C@@H]5O. The Bertz CT molecular complexity index is 640. The first-order chi connectivity index (χ1) is 11.2. The van der Waals surface area contributed by atoms with Crippen molar-refractivity contribution < 1.29 is 5.11 Å². The Kier molecular flexibility index (Phi) is 2.38. The van der Waals surface area contributed by atoms with Gasteiger partial charge in [0, 0.05) is 42.7 Å². The van der Waals surface area contributed by atoms with Crippen molar-refractivity contribution in [1.29, 1.82) is 0 Å². The standard InChI is InChI=1S/C20H28N2O/c1-3-11-10-22-15-8-12(11)17-16(22)9-20(19(17)23)13-6-4-5-7-14(13)21(2)18(15)20/h5,7,11-12,15-19,23H,3-4,6,8-10H2,1-2H3/t11-,12+,15+,16?,17?,18+,19+,20-/m1/s1. The monoisotopic (exact) mass is 312 g/mol. The van der Waals surface area contributed by atoms with Crippen molar-refractivity contribution in [2.45, 2.75) is 63.3 Å². The molecular weight excluding hydrogens is 284 g/mol. The van der Waals surface area contributed by atoms with Gasteiger partial charge in [-0.3, -0.25) is 4.90 Å². The highest BCUT2D eigenvalue weighted by Crippen LogP contribution is 2.69. The Balaban J connectivity index is 1.56. The van der Waals surface area contributed by atoms with E-state index < -0.39 is 0 Å². The van der Waals surface area contributed by atoms with Crippen LogP contribution in [-0.4, -0.2) is 52.7 Å². The molecule has 1 N–H and O–H groups in total.